The molecule has 0 saturated carbocycles. The standard InChI is InChI=1S/C17H21ClN4O2/c1-10(2)20-17(23)21-12-5-6-16(19-9-12)22-14-7-11(3)13(18)8-15(14)24-4/h5-10H,1-4H3,(H,19,22)(H2,20,21,23). The number of amides is 2. The largest absolute Gasteiger partial charge is 0.495 e. The lowest BCUT2D eigenvalue weighted by atomic mass is 10.2. The van der Waals surface area contributed by atoms with Crippen LogP contribution in [0.1, 0.15) is 19.4 Å². The SMILES string of the molecule is COc1cc(Cl)c(C)cc1Nc1ccc(NC(=O)NC(C)C)cn1. The zero-order valence-electron chi connectivity index (χ0n) is 14.1. The van der Waals surface area contributed by atoms with Gasteiger partial charge in [-0.05, 0) is 44.5 Å². The van der Waals surface area contributed by atoms with Gasteiger partial charge in [0.2, 0.25) is 0 Å². The normalized spacial score (nSPS) is 10.4. The predicted octanol–water partition coefficient (Wildman–Crippen LogP) is 4.33. The number of methoxy groups -OCH3 is 1. The number of carbonyl (C=O) groups excluding carboxylic acids is 1. The molecule has 0 fully saturated rings. The van der Waals surface area contributed by atoms with Gasteiger partial charge in [0.1, 0.15) is 11.6 Å². The number of hydrogen-bond donors (Lipinski definition) is 3. The van der Waals surface area contributed by atoms with Crippen molar-refractivity contribution in [3.05, 3.63) is 41.0 Å². The van der Waals surface area contributed by atoms with Gasteiger partial charge in [0, 0.05) is 17.1 Å². The van der Waals surface area contributed by atoms with E-state index in [4.69, 9.17) is 16.3 Å². The van der Waals surface area contributed by atoms with Gasteiger partial charge in [-0.3, -0.25) is 0 Å². The van der Waals surface area contributed by atoms with Crippen LogP contribution in [-0.2, 0) is 0 Å². The second kappa shape index (κ2) is 7.88. The van der Waals surface area contributed by atoms with Gasteiger partial charge in [0.05, 0.1) is 24.7 Å². The summed E-state index contributed by atoms with van der Waals surface area (Å²) in [7, 11) is 1.58. The van der Waals surface area contributed by atoms with Crippen molar-refractivity contribution >= 4 is 34.8 Å². The highest BCUT2D eigenvalue weighted by Crippen LogP contribution is 2.32. The molecule has 0 bridgehead atoms. The number of urea groups is 1. The Morgan fingerprint density at radius 3 is 2.62 bits per heavy atom. The van der Waals surface area contributed by atoms with E-state index in [1.165, 1.54) is 0 Å². The summed E-state index contributed by atoms with van der Waals surface area (Å²) in [6.45, 7) is 5.71. The molecule has 0 saturated heterocycles. The molecule has 0 aliphatic heterocycles. The molecule has 1 aromatic carbocycles. The van der Waals surface area contributed by atoms with E-state index in [2.05, 4.69) is 20.9 Å². The highest BCUT2D eigenvalue weighted by atomic mass is 35.5. The smallest absolute Gasteiger partial charge is 0.319 e. The summed E-state index contributed by atoms with van der Waals surface area (Å²) < 4.78 is 5.33. The zero-order chi connectivity index (χ0) is 17.7. The Morgan fingerprint density at radius 1 is 1.29 bits per heavy atom. The van der Waals surface area contributed by atoms with Crippen molar-refractivity contribution in [1.82, 2.24) is 10.3 Å². The summed E-state index contributed by atoms with van der Waals surface area (Å²) in [6.07, 6.45) is 1.58. The Labute approximate surface area is 146 Å². The molecule has 0 radical (unpaired) electrons. The number of aromatic nitrogens is 1. The number of hydrogen-bond acceptors (Lipinski definition) is 4. The second-order valence-corrected chi connectivity index (χ2v) is 6.02. The third kappa shape index (κ3) is 4.76. The van der Waals surface area contributed by atoms with Gasteiger partial charge in [-0.2, -0.15) is 0 Å². The molecule has 2 rings (SSSR count). The van der Waals surface area contributed by atoms with Crippen molar-refractivity contribution in [3.63, 3.8) is 0 Å². The van der Waals surface area contributed by atoms with E-state index in [1.54, 1.807) is 31.5 Å². The van der Waals surface area contributed by atoms with Crippen LogP contribution in [0.3, 0.4) is 0 Å². The number of rotatable bonds is 5. The molecule has 3 N–H and O–H groups in total. The molecule has 0 atom stereocenters. The van der Waals surface area contributed by atoms with Crippen molar-refractivity contribution in [2.24, 2.45) is 0 Å². The monoisotopic (exact) mass is 348 g/mol. The van der Waals surface area contributed by atoms with Crippen molar-refractivity contribution < 1.29 is 9.53 Å². The molecule has 128 valence electrons. The van der Waals surface area contributed by atoms with E-state index in [0.29, 0.717) is 22.3 Å². The van der Waals surface area contributed by atoms with Crippen LogP contribution in [-0.4, -0.2) is 24.2 Å². The van der Waals surface area contributed by atoms with Gasteiger partial charge in [-0.1, -0.05) is 11.6 Å². The molecule has 0 aliphatic rings. The Bertz CT molecular complexity index is 717. The molecule has 0 aliphatic carbocycles. The average Bonchev–Trinajstić information content (AvgIpc) is 2.51. The molecule has 1 aromatic heterocycles. The summed E-state index contributed by atoms with van der Waals surface area (Å²) in [6, 6.07) is 7.00. The van der Waals surface area contributed by atoms with Crippen LogP contribution < -0.4 is 20.7 Å². The minimum absolute atomic E-state index is 0.0690. The van der Waals surface area contributed by atoms with E-state index in [0.717, 1.165) is 11.3 Å². The number of nitrogens with one attached hydrogen (secondary N) is 3. The number of carbonyl (C=O) groups is 1. The molecule has 2 amide bonds. The van der Waals surface area contributed by atoms with Gasteiger partial charge < -0.3 is 20.7 Å². The summed E-state index contributed by atoms with van der Waals surface area (Å²) in [4.78, 5) is 15.9. The lowest BCUT2D eigenvalue weighted by Crippen LogP contribution is -2.34. The zero-order valence-corrected chi connectivity index (χ0v) is 14.9. The van der Waals surface area contributed by atoms with Crippen LogP contribution in [0, 0.1) is 6.92 Å². The highest BCUT2D eigenvalue weighted by Gasteiger charge is 2.08. The molecule has 0 spiro atoms. The number of anilines is 3. The minimum Gasteiger partial charge on any atom is -0.495 e. The van der Waals surface area contributed by atoms with E-state index in [1.807, 2.05) is 26.8 Å². The number of halogens is 1. The fourth-order valence-corrected chi connectivity index (χ4v) is 2.19. The first-order valence-corrected chi connectivity index (χ1v) is 7.91. The fourth-order valence-electron chi connectivity index (χ4n) is 2.04. The average molecular weight is 349 g/mol. The summed E-state index contributed by atoms with van der Waals surface area (Å²) in [5, 5.41) is 9.29. The maximum atomic E-state index is 11.7. The van der Waals surface area contributed by atoms with Gasteiger partial charge in [-0.25, -0.2) is 9.78 Å². The van der Waals surface area contributed by atoms with E-state index in [-0.39, 0.29) is 12.1 Å². The fraction of sp³-hybridized carbons (Fsp3) is 0.294. The first-order chi connectivity index (χ1) is 11.4. The number of nitrogens with zero attached hydrogens (tertiary/aromatic N) is 1. The van der Waals surface area contributed by atoms with Gasteiger partial charge in [-0.15, -0.1) is 0 Å². The van der Waals surface area contributed by atoms with Crippen LogP contribution in [0.4, 0.5) is 22.0 Å². The molecule has 7 heteroatoms. The minimum atomic E-state index is -0.262. The Kier molecular flexibility index (Phi) is 5.87. The van der Waals surface area contributed by atoms with E-state index >= 15 is 0 Å². The first kappa shape index (κ1) is 17.9. The molecule has 24 heavy (non-hydrogen) atoms. The maximum absolute atomic E-state index is 11.7. The van der Waals surface area contributed by atoms with Crippen LogP contribution >= 0.6 is 11.6 Å². The third-order valence-corrected chi connectivity index (χ3v) is 3.59. The Balaban J connectivity index is 2.09. The number of benzene rings is 1. The first-order valence-electron chi connectivity index (χ1n) is 7.53. The molecular formula is C17H21ClN4O2. The maximum Gasteiger partial charge on any atom is 0.319 e. The van der Waals surface area contributed by atoms with Crippen molar-refractivity contribution in [3.8, 4) is 5.75 Å². The summed E-state index contributed by atoms with van der Waals surface area (Å²) in [5.74, 6) is 1.26. The molecule has 6 nitrogen and oxygen atoms in total. The van der Waals surface area contributed by atoms with Crippen molar-refractivity contribution in [2.75, 3.05) is 17.7 Å². The molecule has 2 aromatic rings. The molecular weight excluding hydrogens is 328 g/mol. The summed E-state index contributed by atoms with van der Waals surface area (Å²) in [5.41, 5.74) is 2.31. The summed E-state index contributed by atoms with van der Waals surface area (Å²) >= 11 is 6.10. The predicted molar refractivity (Wildman–Crippen MR) is 97.6 cm³/mol. The quantitative estimate of drug-likeness (QED) is 0.752. The Morgan fingerprint density at radius 2 is 2.04 bits per heavy atom. The molecule has 1 heterocycles. The van der Waals surface area contributed by atoms with Crippen LogP contribution in [0.2, 0.25) is 5.02 Å². The van der Waals surface area contributed by atoms with Crippen molar-refractivity contribution in [2.45, 2.75) is 26.8 Å². The second-order valence-electron chi connectivity index (χ2n) is 5.61. The van der Waals surface area contributed by atoms with E-state index < -0.39 is 0 Å². The van der Waals surface area contributed by atoms with E-state index in [9.17, 15) is 4.79 Å². The highest BCUT2D eigenvalue weighted by molar-refractivity contribution is 6.31. The lowest BCUT2D eigenvalue weighted by molar-refractivity contribution is 0.250. The number of aryl methyl sites for hydroxylation is 1. The number of ether oxygens (including phenoxy) is 1. The Hall–Kier alpha value is -2.47. The third-order valence-electron chi connectivity index (χ3n) is 3.18. The van der Waals surface area contributed by atoms with Crippen molar-refractivity contribution in [1.29, 1.82) is 0 Å². The molecule has 0 unspecified atom stereocenters. The van der Waals surface area contributed by atoms with Gasteiger partial charge >= 0.3 is 6.03 Å². The van der Waals surface area contributed by atoms with Gasteiger partial charge in [0.15, 0.2) is 0 Å². The topological polar surface area (TPSA) is 75.3 Å². The lowest BCUT2D eigenvalue weighted by Gasteiger charge is -2.13. The van der Waals surface area contributed by atoms with Crippen LogP contribution in [0.5, 0.6) is 5.75 Å². The number of pyridine rings is 1. The van der Waals surface area contributed by atoms with Gasteiger partial charge in [0.25, 0.3) is 0 Å². The van der Waals surface area contributed by atoms with Crippen LogP contribution in [0.15, 0.2) is 30.5 Å². The van der Waals surface area contributed by atoms with Crippen LogP contribution in [0.25, 0.3) is 0 Å².